The van der Waals surface area contributed by atoms with Gasteiger partial charge < -0.3 is 4.74 Å². The van der Waals surface area contributed by atoms with E-state index in [0.29, 0.717) is 5.88 Å². The summed E-state index contributed by atoms with van der Waals surface area (Å²) in [6, 6.07) is 11.1. The molecule has 1 heterocycles. The van der Waals surface area contributed by atoms with Gasteiger partial charge in [0.15, 0.2) is 0 Å². The first-order valence-electron chi connectivity index (χ1n) is 3.87. The first-order valence-corrected chi connectivity index (χ1v) is 3.87. The Morgan fingerprint density at radius 1 is 1.08 bits per heavy atom. The largest absolute Gasteiger partial charge is 0.439 e. The molecule has 0 saturated carbocycles. The fraction of sp³-hybridized carbons (Fsp3) is 0. The van der Waals surface area contributed by atoms with Crippen LogP contribution in [-0.4, -0.2) is 9.97 Å². The number of para-hydroxylation sites is 1. The van der Waals surface area contributed by atoms with Crippen molar-refractivity contribution in [2.45, 2.75) is 0 Å². The SMILES string of the molecule is [c]1nccc(Oc2ccccc2)n1. The number of ether oxygens (including phenoxy) is 1. The Hall–Kier alpha value is -1.90. The average molecular weight is 171 g/mol. The van der Waals surface area contributed by atoms with E-state index >= 15 is 0 Å². The molecule has 0 spiro atoms. The van der Waals surface area contributed by atoms with E-state index in [1.54, 1.807) is 12.3 Å². The first kappa shape index (κ1) is 7.73. The van der Waals surface area contributed by atoms with E-state index < -0.39 is 0 Å². The lowest BCUT2D eigenvalue weighted by molar-refractivity contribution is 0.461. The smallest absolute Gasteiger partial charge is 0.222 e. The molecular formula is C10H7N2O. The van der Waals surface area contributed by atoms with Crippen LogP contribution in [0.1, 0.15) is 0 Å². The Morgan fingerprint density at radius 2 is 1.92 bits per heavy atom. The summed E-state index contributed by atoms with van der Waals surface area (Å²) in [7, 11) is 0. The second-order valence-electron chi connectivity index (χ2n) is 2.41. The standard InChI is InChI=1S/C10H7N2O/c1-2-4-9(5-3-1)13-10-6-7-11-8-12-10/h1-7H. The number of hydrogen-bond donors (Lipinski definition) is 0. The van der Waals surface area contributed by atoms with Crippen LogP contribution in [0, 0.1) is 6.33 Å². The maximum atomic E-state index is 5.40. The maximum Gasteiger partial charge on any atom is 0.222 e. The molecule has 1 aromatic carbocycles. The number of nitrogens with zero attached hydrogens (tertiary/aromatic N) is 2. The molecule has 0 fully saturated rings. The van der Waals surface area contributed by atoms with Crippen LogP contribution in [0.5, 0.6) is 11.6 Å². The highest BCUT2D eigenvalue weighted by Crippen LogP contribution is 2.16. The van der Waals surface area contributed by atoms with Crippen LogP contribution in [-0.2, 0) is 0 Å². The van der Waals surface area contributed by atoms with Crippen molar-refractivity contribution < 1.29 is 4.74 Å². The van der Waals surface area contributed by atoms with Crippen LogP contribution < -0.4 is 4.74 Å². The minimum absolute atomic E-state index is 0.501. The van der Waals surface area contributed by atoms with Gasteiger partial charge in [0.1, 0.15) is 5.75 Å². The van der Waals surface area contributed by atoms with Gasteiger partial charge in [0.05, 0.1) is 0 Å². The molecular weight excluding hydrogens is 164 g/mol. The van der Waals surface area contributed by atoms with Crippen molar-refractivity contribution in [3.8, 4) is 11.6 Å². The highest BCUT2D eigenvalue weighted by molar-refractivity contribution is 5.25. The summed E-state index contributed by atoms with van der Waals surface area (Å²) < 4.78 is 5.40. The van der Waals surface area contributed by atoms with Gasteiger partial charge in [0, 0.05) is 12.3 Å². The summed E-state index contributed by atoms with van der Waals surface area (Å²) in [5.74, 6) is 1.26. The Kier molecular flexibility index (Phi) is 2.18. The Balaban J connectivity index is 2.16. The van der Waals surface area contributed by atoms with Gasteiger partial charge in [0.2, 0.25) is 12.2 Å². The minimum Gasteiger partial charge on any atom is -0.439 e. The lowest BCUT2D eigenvalue weighted by atomic mass is 10.3. The summed E-state index contributed by atoms with van der Waals surface area (Å²) in [5.41, 5.74) is 0. The van der Waals surface area contributed by atoms with Crippen molar-refractivity contribution in [1.29, 1.82) is 0 Å². The van der Waals surface area contributed by atoms with Crippen LogP contribution >= 0.6 is 0 Å². The molecule has 2 rings (SSSR count). The van der Waals surface area contributed by atoms with Crippen molar-refractivity contribution in [3.05, 3.63) is 48.9 Å². The molecule has 13 heavy (non-hydrogen) atoms. The van der Waals surface area contributed by atoms with Crippen molar-refractivity contribution in [2.24, 2.45) is 0 Å². The lowest BCUT2D eigenvalue weighted by Crippen LogP contribution is -1.87. The molecule has 3 heteroatoms. The third-order valence-electron chi connectivity index (χ3n) is 1.48. The molecule has 0 aliphatic rings. The van der Waals surface area contributed by atoms with Gasteiger partial charge >= 0.3 is 0 Å². The molecule has 0 amide bonds. The van der Waals surface area contributed by atoms with Crippen molar-refractivity contribution in [1.82, 2.24) is 9.97 Å². The van der Waals surface area contributed by atoms with Gasteiger partial charge in [-0.15, -0.1) is 0 Å². The van der Waals surface area contributed by atoms with Crippen LogP contribution in [0.4, 0.5) is 0 Å². The third kappa shape index (κ3) is 2.02. The molecule has 0 saturated heterocycles. The molecule has 0 unspecified atom stereocenters. The van der Waals surface area contributed by atoms with E-state index in [1.165, 1.54) is 0 Å². The van der Waals surface area contributed by atoms with Gasteiger partial charge in [0.25, 0.3) is 0 Å². The minimum atomic E-state index is 0.501. The molecule has 63 valence electrons. The monoisotopic (exact) mass is 171 g/mol. The summed E-state index contributed by atoms with van der Waals surface area (Å²) in [5, 5.41) is 0. The van der Waals surface area contributed by atoms with Gasteiger partial charge in [-0.25, -0.2) is 4.98 Å². The average Bonchev–Trinajstić information content (AvgIpc) is 2.21. The quantitative estimate of drug-likeness (QED) is 0.693. The van der Waals surface area contributed by atoms with E-state index in [0.717, 1.165) is 5.75 Å². The van der Waals surface area contributed by atoms with Crippen molar-refractivity contribution in [2.75, 3.05) is 0 Å². The highest BCUT2D eigenvalue weighted by atomic mass is 16.5. The van der Waals surface area contributed by atoms with E-state index in [-0.39, 0.29) is 0 Å². The zero-order valence-electron chi connectivity index (χ0n) is 6.84. The van der Waals surface area contributed by atoms with Gasteiger partial charge in [-0.2, -0.15) is 4.98 Å². The van der Waals surface area contributed by atoms with E-state index in [9.17, 15) is 0 Å². The molecule has 1 radical (unpaired) electrons. The van der Waals surface area contributed by atoms with Crippen molar-refractivity contribution >= 4 is 0 Å². The number of aromatic nitrogens is 2. The summed E-state index contributed by atoms with van der Waals surface area (Å²) in [6.07, 6.45) is 4.04. The predicted molar refractivity (Wildman–Crippen MR) is 47.4 cm³/mol. The maximum absolute atomic E-state index is 5.40. The Labute approximate surface area is 76.0 Å². The molecule has 0 N–H and O–H groups in total. The molecule has 0 aliphatic carbocycles. The second kappa shape index (κ2) is 3.67. The molecule has 3 nitrogen and oxygen atoms in total. The molecule has 2 aromatic rings. The van der Waals surface area contributed by atoms with Crippen LogP contribution in [0.3, 0.4) is 0 Å². The Bertz CT molecular complexity index is 324. The van der Waals surface area contributed by atoms with Gasteiger partial charge in [-0.1, -0.05) is 18.2 Å². The fourth-order valence-electron chi connectivity index (χ4n) is 0.916. The second-order valence-corrected chi connectivity index (χ2v) is 2.41. The number of rotatable bonds is 2. The summed E-state index contributed by atoms with van der Waals surface area (Å²) in [4.78, 5) is 7.49. The molecule has 1 aromatic heterocycles. The predicted octanol–water partition coefficient (Wildman–Crippen LogP) is 2.07. The lowest BCUT2D eigenvalue weighted by Gasteiger charge is -2.01. The van der Waals surface area contributed by atoms with Crippen LogP contribution in [0.2, 0.25) is 0 Å². The van der Waals surface area contributed by atoms with Crippen LogP contribution in [0.15, 0.2) is 42.6 Å². The van der Waals surface area contributed by atoms with Gasteiger partial charge in [-0.3, -0.25) is 0 Å². The van der Waals surface area contributed by atoms with Gasteiger partial charge in [-0.05, 0) is 12.1 Å². The van der Waals surface area contributed by atoms with E-state index in [1.807, 2.05) is 30.3 Å². The third-order valence-corrected chi connectivity index (χ3v) is 1.48. The summed E-state index contributed by atoms with van der Waals surface area (Å²) >= 11 is 0. The van der Waals surface area contributed by atoms with E-state index in [2.05, 4.69) is 16.3 Å². The summed E-state index contributed by atoms with van der Waals surface area (Å²) in [6.45, 7) is 0. The number of hydrogen-bond acceptors (Lipinski definition) is 3. The topological polar surface area (TPSA) is 35.0 Å². The fourth-order valence-corrected chi connectivity index (χ4v) is 0.916. The zero-order chi connectivity index (χ0) is 8.93. The molecule has 0 bridgehead atoms. The molecule has 0 atom stereocenters. The Morgan fingerprint density at radius 3 is 2.62 bits per heavy atom. The highest BCUT2D eigenvalue weighted by Gasteiger charge is 1.94. The first-order chi connectivity index (χ1) is 6.45. The molecule has 0 aliphatic heterocycles. The van der Waals surface area contributed by atoms with Crippen molar-refractivity contribution in [3.63, 3.8) is 0 Å². The normalized spacial score (nSPS) is 9.54. The van der Waals surface area contributed by atoms with E-state index in [4.69, 9.17) is 4.74 Å². The number of benzene rings is 1. The van der Waals surface area contributed by atoms with Crippen LogP contribution in [0.25, 0.3) is 0 Å². The zero-order valence-corrected chi connectivity index (χ0v) is 6.84.